The van der Waals surface area contributed by atoms with Gasteiger partial charge in [0.1, 0.15) is 0 Å². The second-order valence-corrected chi connectivity index (χ2v) is 6.66. The van der Waals surface area contributed by atoms with E-state index in [1.54, 1.807) is 6.20 Å². The SMILES string of the molecule is C=CNc1cc(C)c(C)cc1[C@@H]1CNC[C@@H]1c1cccc(C)c1. The number of hydrogen-bond acceptors (Lipinski definition) is 2. The number of rotatable bonds is 4. The van der Waals surface area contributed by atoms with Crippen LogP contribution in [0.1, 0.15) is 39.7 Å². The van der Waals surface area contributed by atoms with Crippen molar-refractivity contribution in [3.63, 3.8) is 0 Å². The lowest BCUT2D eigenvalue weighted by atomic mass is 9.82. The van der Waals surface area contributed by atoms with Crippen molar-refractivity contribution in [3.05, 3.63) is 77.0 Å². The Morgan fingerprint density at radius 2 is 1.78 bits per heavy atom. The first-order chi connectivity index (χ1) is 11.1. The van der Waals surface area contributed by atoms with Gasteiger partial charge in [0, 0.05) is 30.6 Å². The highest BCUT2D eigenvalue weighted by atomic mass is 14.9. The third kappa shape index (κ3) is 3.18. The molecular weight excluding hydrogens is 280 g/mol. The zero-order chi connectivity index (χ0) is 16.4. The number of aryl methyl sites for hydroxylation is 3. The summed E-state index contributed by atoms with van der Waals surface area (Å²) in [6.07, 6.45) is 1.78. The molecule has 120 valence electrons. The van der Waals surface area contributed by atoms with Crippen molar-refractivity contribution in [2.75, 3.05) is 18.4 Å². The van der Waals surface area contributed by atoms with Crippen LogP contribution in [-0.4, -0.2) is 13.1 Å². The summed E-state index contributed by atoms with van der Waals surface area (Å²) in [5.74, 6) is 1.00. The van der Waals surface area contributed by atoms with Gasteiger partial charge < -0.3 is 10.6 Å². The molecule has 2 nitrogen and oxygen atoms in total. The van der Waals surface area contributed by atoms with Gasteiger partial charge in [-0.1, -0.05) is 42.5 Å². The number of hydrogen-bond donors (Lipinski definition) is 2. The van der Waals surface area contributed by atoms with Crippen LogP contribution in [0.4, 0.5) is 5.69 Å². The summed E-state index contributed by atoms with van der Waals surface area (Å²) in [5, 5.41) is 6.93. The maximum Gasteiger partial charge on any atom is 0.0418 e. The molecule has 23 heavy (non-hydrogen) atoms. The number of benzene rings is 2. The molecule has 0 spiro atoms. The fourth-order valence-corrected chi connectivity index (χ4v) is 3.64. The van der Waals surface area contributed by atoms with Crippen LogP contribution in [0, 0.1) is 20.8 Å². The van der Waals surface area contributed by atoms with Crippen LogP contribution >= 0.6 is 0 Å². The fourth-order valence-electron chi connectivity index (χ4n) is 3.64. The average molecular weight is 306 g/mol. The first kappa shape index (κ1) is 15.8. The minimum absolute atomic E-state index is 0.485. The molecule has 0 aromatic heterocycles. The van der Waals surface area contributed by atoms with Crippen LogP contribution in [0.5, 0.6) is 0 Å². The monoisotopic (exact) mass is 306 g/mol. The van der Waals surface area contributed by atoms with Crippen molar-refractivity contribution >= 4 is 5.69 Å². The first-order valence-electron chi connectivity index (χ1n) is 8.36. The van der Waals surface area contributed by atoms with Crippen molar-refractivity contribution in [1.82, 2.24) is 5.32 Å². The highest BCUT2D eigenvalue weighted by Crippen LogP contribution is 2.40. The van der Waals surface area contributed by atoms with Crippen LogP contribution in [0.2, 0.25) is 0 Å². The molecule has 2 atom stereocenters. The molecule has 1 heterocycles. The van der Waals surface area contributed by atoms with Crippen molar-refractivity contribution in [3.8, 4) is 0 Å². The van der Waals surface area contributed by atoms with Crippen LogP contribution < -0.4 is 10.6 Å². The lowest BCUT2D eigenvalue weighted by Crippen LogP contribution is -2.12. The van der Waals surface area contributed by atoms with Crippen LogP contribution in [-0.2, 0) is 0 Å². The second-order valence-electron chi connectivity index (χ2n) is 6.66. The Labute approximate surface area is 139 Å². The Bertz CT molecular complexity index is 718. The standard InChI is InChI=1S/C21H26N2/c1-5-23-21-11-16(4)15(3)10-18(21)20-13-22-12-19(20)17-8-6-7-14(2)9-17/h5-11,19-20,22-23H,1,12-13H2,2-4H3/t19-,20+/m1/s1. The minimum atomic E-state index is 0.485. The Balaban J connectivity index is 2.02. The van der Waals surface area contributed by atoms with Gasteiger partial charge in [-0.05, 0) is 55.3 Å². The Hall–Kier alpha value is -2.06. The predicted molar refractivity (Wildman–Crippen MR) is 99.3 cm³/mol. The highest BCUT2D eigenvalue weighted by Gasteiger charge is 2.31. The highest BCUT2D eigenvalue weighted by molar-refractivity contribution is 5.59. The maximum absolute atomic E-state index is 3.84. The van der Waals surface area contributed by atoms with Gasteiger partial charge in [0.05, 0.1) is 0 Å². The summed E-state index contributed by atoms with van der Waals surface area (Å²) >= 11 is 0. The van der Waals surface area contributed by atoms with Crippen LogP contribution in [0.15, 0.2) is 49.2 Å². The molecule has 0 aliphatic carbocycles. The third-order valence-electron chi connectivity index (χ3n) is 5.01. The molecular formula is C21H26N2. The van der Waals surface area contributed by atoms with Crippen LogP contribution in [0.25, 0.3) is 0 Å². The molecule has 1 aliphatic rings. The quantitative estimate of drug-likeness (QED) is 0.860. The Morgan fingerprint density at radius 1 is 1.04 bits per heavy atom. The Kier molecular flexibility index (Phi) is 4.53. The summed E-state index contributed by atoms with van der Waals surface area (Å²) in [5.41, 5.74) is 8.01. The van der Waals surface area contributed by atoms with E-state index in [9.17, 15) is 0 Å². The van der Waals surface area contributed by atoms with Gasteiger partial charge >= 0.3 is 0 Å². The van der Waals surface area contributed by atoms with Gasteiger partial charge in [0.15, 0.2) is 0 Å². The van der Waals surface area contributed by atoms with Crippen molar-refractivity contribution in [2.45, 2.75) is 32.6 Å². The molecule has 1 saturated heterocycles. The van der Waals surface area contributed by atoms with Gasteiger partial charge in [0.2, 0.25) is 0 Å². The lowest BCUT2D eigenvalue weighted by molar-refractivity contribution is 0.666. The molecule has 2 aromatic rings. The van der Waals surface area contributed by atoms with Crippen LogP contribution in [0.3, 0.4) is 0 Å². The molecule has 0 bridgehead atoms. The molecule has 0 amide bonds. The maximum atomic E-state index is 3.84. The summed E-state index contributed by atoms with van der Waals surface area (Å²) in [6, 6.07) is 13.5. The van der Waals surface area contributed by atoms with E-state index in [1.807, 2.05) is 0 Å². The molecule has 0 radical (unpaired) electrons. The summed E-state index contributed by atoms with van der Waals surface area (Å²) in [4.78, 5) is 0. The Morgan fingerprint density at radius 3 is 2.52 bits per heavy atom. The zero-order valence-corrected chi connectivity index (χ0v) is 14.3. The van der Waals surface area contributed by atoms with Gasteiger partial charge in [-0.2, -0.15) is 0 Å². The molecule has 1 aliphatic heterocycles. The topological polar surface area (TPSA) is 24.1 Å². The van der Waals surface area contributed by atoms with Crippen molar-refractivity contribution < 1.29 is 0 Å². The molecule has 2 heteroatoms. The molecule has 2 N–H and O–H groups in total. The predicted octanol–water partition coefficient (Wildman–Crippen LogP) is 4.64. The molecule has 0 saturated carbocycles. The van der Waals surface area contributed by atoms with E-state index in [0.29, 0.717) is 11.8 Å². The molecule has 1 fully saturated rings. The zero-order valence-electron chi connectivity index (χ0n) is 14.3. The van der Waals surface area contributed by atoms with E-state index in [0.717, 1.165) is 13.1 Å². The smallest absolute Gasteiger partial charge is 0.0418 e. The van der Waals surface area contributed by atoms with E-state index in [1.165, 1.54) is 33.5 Å². The number of nitrogens with one attached hydrogen (secondary N) is 2. The van der Waals surface area contributed by atoms with Crippen molar-refractivity contribution in [1.29, 1.82) is 0 Å². The van der Waals surface area contributed by atoms with E-state index in [2.05, 4.69) is 74.4 Å². The first-order valence-corrected chi connectivity index (χ1v) is 8.36. The van der Waals surface area contributed by atoms with Gasteiger partial charge in [0.25, 0.3) is 0 Å². The van der Waals surface area contributed by atoms with Crippen molar-refractivity contribution in [2.24, 2.45) is 0 Å². The van der Waals surface area contributed by atoms with E-state index < -0.39 is 0 Å². The van der Waals surface area contributed by atoms with E-state index in [4.69, 9.17) is 0 Å². The van der Waals surface area contributed by atoms with Gasteiger partial charge in [-0.3, -0.25) is 0 Å². The molecule has 2 aromatic carbocycles. The van der Waals surface area contributed by atoms with E-state index in [-0.39, 0.29) is 0 Å². The lowest BCUT2D eigenvalue weighted by Gasteiger charge is -2.23. The average Bonchev–Trinajstić information content (AvgIpc) is 3.00. The second kappa shape index (κ2) is 6.59. The summed E-state index contributed by atoms with van der Waals surface area (Å²) in [7, 11) is 0. The summed E-state index contributed by atoms with van der Waals surface area (Å²) in [6.45, 7) is 12.4. The summed E-state index contributed by atoms with van der Waals surface area (Å²) < 4.78 is 0. The number of anilines is 1. The minimum Gasteiger partial charge on any atom is -0.362 e. The van der Waals surface area contributed by atoms with Gasteiger partial charge in [-0.15, -0.1) is 0 Å². The van der Waals surface area contributed by atoms with E-state index >= 15 is 0 Å². The largest absolute Gasteiger partial charge is 0.362 e. The molecule has 0 unspecified atom stereocenters. The molecule has 3 rings (SSSR count). The normalized spacial score (nSPS) is 20.5. The van der Waals surface area contributed by atoms with Gasteiger partial charge in [-0.25, -0.2) is 0 Å². The fraction of sp³-hybridized carbons (Fsp3) is 0.333. The third-order valence-corrected chi connectivity index (χ3v) is 5.01.